The van der Waals surface area contributed by atoms with Crippen molar-refractivity contribution in [1.29, 1.82) is 0 Å². The number of hydrogen-bond donors (Lipinski definition) is 2. The summed E-state index contributed by atoms with van der Waals surface area (Å²) in [7, 11) is -2.95. The standard InChI is InChI=1S/C10H20N2O3S/c13-8-10(2-7-16(14,15)9-10)12-5-1-3-11-4-6-12/h11,13H,1-9H2. The highest BCUT2D eigenvalue weighted by molar-refractivity contribution is 7.91. The van der Waals surface area contributed by atoms with E-state index in [0.717, 1.165) is 32.6 Å². The van der Waals surface area contributed by atoms with Crippen LogP contribution in [0.25, 0.3) is 0 Å². The van der Waals surface area contributed by atoms with Crippen LogP contribution in [0.3, 0.4) is 0 Å². The molecule has 0 aromatic rings. The maximum Gasteiger partial charge on any atom is 0.152 e. The molecule has 2 N–H and O–H groups in total. The molecule has 2 fully saturated rings. The smallest absolute Gasteiger partial charge is 0.152 e. The average molecular weight is 248 g/mol. The number of aliphatic hydroxyl groups is 1. The van der Waals surface area contributed by atoms with Gasteiger partial charge in [0.05, 0.1) is 23.7 Å². The molecule has 0 aromatic heterocycles. The van der Waals surface area contributed by atoms with Crippen LogP contribution in [-0.2, 0) is 9.84 Å². The topological polar surface area (TPSA) is 69.6 Å². The summed E-state index contributed by atoms with van der Waals surface area (Å²) in [5, 5.41) is 12.9. The third kappa shape index (κ3) is 2.40. The second kappa shape index (κ2) is 4.60. The number of rotatable bonds is 2. The Morgan fingerprint density at radius 3 is 2.75 bits per heavy atom. The van der Waals surface area contributed by atoms with Crippen LogP contribution >= 0.6 is 0 Å². The Labute approximate surface area is 96.7 Å². The van der Waals surface area contributed by atoms with Crippen molar-refractivity contribution in [2.45, 2.75) is 18.4 Å². The predicted molar refractivity (Wildman–Crippen MR) is 62.1 cm³/mol. The van der Waals surface area contributed by atoms with Crippen LogP contribution in [0.2, 0.25) is 0 Å². The van der Waals surface area contributed by atoms with E-state index in [9.17, 15) is 13.5 Å². The molecule has 6 heteroatoms. The molecule has 2 aliphatic rings. The van der Waals surface area contributed by atoms with Gasteiger partial charge in [-0.1, -0.05) is 0 Å². The molecule has 0 bridgehead atoms. The van der Waals surface area contributed by atoms with Crippen LogP contribution in [-0.4, -0.2) is 68.3 Å². The van der Waals surface area contributed by atoms with Crippen molar-refractivity contribution < 1.29 is 13.5 Å². The minimum absolute atomic E-state index is 0.0494. The van der Waals surface area contributed by atoms with Crippen LogP contribution in [0.1, 0.15) is 12.8 Å². The van der Waals surface area contributed by atoms with Gasteiger partial charge < -0.3 is 10.4 Å². The van der Waals surface area contributed by atoms with E-state index in [0.29, 0.717) is 6.42 Å². The van der Waals surface area contributed by atoms with Crippen LogP contribution in [0, 0.1) is 0 Å². The highest BCUT2D eigenvalue weighted by Gasteiger charge is 2.45. The van der Waals surface area contributed by atoms with Crippen molar-refractivity contribution in [2.24, 2.45) is 0 Å². The molecule has 2 heterocycles. The van der Waals surface area contributed by atoms with E-state index in [2.05, 4.69) is 10.2 Å². The third-order valence-corrected chi connectivity index (χ3v) is 5.48. The van der Waals surface area contributed by atoms with E-state index in [-0.39, 0.29) is 18.1 Å². The van der Waals surface area contributed by atoms with Crippen LogP contribution in [0.15, 0.2) is 0 Å². The highest BCUT2D eigenvalue weighted by Crippen LogP contribution is 2.29. The second-order valence-electron chi connectivity index (χ2n) is 4.82. The Bertz CT molecular complexity index is 336. The Kier molecular flexibility index (Phi) is 3.53. The monoisotopic (exact) mass is 248 g/mol. The van der Waals surface area contributed by atoms with Gasteiger partial charge in [-0.3, -0.25) is 4.90 Å². The Morgan fingerprint density at radius 2 is 2.12 bits per heavy atom. The lowest BCUT2D eigenvalue weighted by atomic mass is 9.97. The Balaban J connectivity index is 2.14. The first-order chi connectivity index (χ1) is 7.58. The lowest BCUT2D eigenvalue weighted by Crippen LogP contribution is -2.53. The van der Waals surface area contributed by atoms with E-state index in [1.165, 1.54) is 0 Å². The molecule has 0 saturated carbocycles. The van der Waals surface area contributed by atoms with Crippen molar-refractivity contribution >= 4 is 9.84 Å². The molecule has 94 valence electrons. The lowest BCUT2D eigenvalue weighted by Gasteiger charge is -2.38. The van der Waals surface area contributed by atoms with Crippen molar-refractivity contribution in [1.82, 2.24) is 10.2 Å². The van der Waals surface area contributed by atoms with Crippen molar-refractivity contribution in [3.63, 3.8) is 0 Å². The van der Waals surface area contributed by atoms with E-state index >= 15 is 0 Å². The molecule has 16 heavy (non-hydrogen) atoms. The number of nitrogens with zero attached hydrogens (tertiary/aromatic N) is 1. The van der Waals surface area contributed by atoms with Gasteiger partial charge in [-0.05, 0) is 19.4 Å². The van der Waals surface area contributed by atoms with Gasteiger partial charge in [0, 0.05) is 19.6 Å². The summed E-state index contributed by atoms with van der Waals surface area (Å²) in [6.45, 7) is 3.51. The van der Waals surface area contributed by atoms with Gasteiger partial charge in [0.2, 0.25) is 0 Å². The van der Waals surface area contributed by atoms with Gasteiger partial charge in [0.25, 0.3) is 0 Å². The first-order valence-corrected chi connectivity index (χ1v) is 7.67. The minimum atomic E-state index is -2.95. The summed E-state index contributed by atoms with van der Waals surface area (Å²) in [6, 6.07) is 0. The molecule has 0 aromatic carbocycles. The molecule has 0 spiro atoms. The van der Waals surface area contributed by atoms with Crippen molar-refractivity contribution in [3.8, 4) is 0 Å². The van der Waals surface area contributed by atoms with Crippen LogP contribution in [0.5, 0.6) is 0 Å². The third-order valence-electron chi connectivity index (χ3n) is 3.67. The fraction of sp³-hybridized carbons (Fsp3) is 1.00. The highest BCUT2D eigenvalue weighted by atomic mass is 32.2. The quantitative estimate of drug-likeness (QED) is 0.644. The van der Waals surface area contributed by atoms with Gasteiger partial charge >= 0.3 is 0 Å². The molecule has 1 atom stereocenters. The first kappa shape index (κ1) is 12.3. The van der Waals surface area contributed by atoms with Gasteiger partial charge in [0.1, 0.15) is 0 Å². The summed E-state index contributed by atoms with van der Waals surface area (Å²) in [5.74, 6) is 0.341. The largest absolute Gasteiger partial charge is 0.394 e. The van der Waals surface area contributed by atoms with Gasteiger partial charge in [-0.2, -0.15) is 0 Å². The summed E-state index contributed by atoms with van der Waals surface area (Å²) in [4.78, 5) is 2.16. The Hall–Kier alpha value is -0.170. The molecular formula is C10H20N2O3S. The van der Waals surface area contributed by atoms with Gasteiger partial charge in [0.15, 0.2) is 9.84 Å². The first-order valence-electron chi connectivity index (χ1n) is 5.85. The summed E-state index contributed by atoms with van der Waals surface area (Å²) < 4.78 is 23.2. The molecule has 0 aliphatic carbocycles. The molecule has 1 unspecified atom stereocenters. The number of nitrogens with one attached hydrogen (secondary N) is 1. The summed E-state index contributed by atoms with van der Waals surface area (Å²) in [6.07, 6.45) is 1.59. The molecule has 0 radical (unpaired) electrons. The molecule has 2 rings (SSSR count). The lowest BCUT2D eigenvalue weighted by molar-refractivity contribution is 0.0534. The number of hydrogen-bond acceptors (Lipinski definition) is 5. The van der Waals surface area contributed by atoms with Crippen molar-refractivity contribution in [2.75, 3.05) is 44.3 Å². The zero-order valence-electron chi connectivity index (χ0n) is 9.48. The van der Waals surface area contributed by atoms with E-state index in [4.69, 9.17) is 0 Å². The number of sulfone groups is 1. The molecule has 0 amide bonds. The SMILES string of the molecule is O=S1(=O)CCC(CO)(N2CCCNCC2)C1. The van der Waals surface area contributed by atoms with Crippen LogP contribution in [0.4, 0.5) is 0 Å². The Morgan fingerprint density at radius 1 is 1.31 bits per heavy atom. The van der Waals surface area contributed by atoms with Crippen LogP contribution < -0.4 is 5.32 Å². The zero-order chi connectivity index (χ0) is 11.6. The second-order valence-corrected chi connectivity index (χ2v) is 7.00. The zero-order valence-corrected chi connectivity index (χ0v) is 10.3. The fourth-order valence-corrected chi connectivity index (χ4v) is 4.77. The predicted octanol–water partition coefficient (Wildman–Crippen LogP) is -1.17. The molecule has 2 aliphatic heterocycles. The molecule has 2 saturated heterocycles. The summed E-state index contributed by atoms with van der Waals surface area (Å²) in [5.41, 5.74) is -0.509. The maximum atomic E-state index is 11.6. The minimum Gasteiger partial charge on any atom is -0.394 e. The van der Waals surface area contributed by atoms with E-state index in [1.54, 1.807) is 0 Å². The number of aliphatic hydroxyl groups excluding tert-OH is 1. The molecule has 5 nitrogen and oxygen atoms in total. The normalized spacial score (nSPS) is 36.1. The van der Waals surface area contributed by atoms with E-state index < -0.39 is 15.4 Å². The van der Waals surface area contributed by atoms with Gasteiger partial charge in [-0.15, -0.1) is 0 Å². The van der Waals surface area contributed by atoms with Crippen molar-refractivity contribution in [3.05, 3.63) is 0 Å². The average Bonchev–Trinajstić information content (AvgIpc) is 2.47. The molecular weight excluding hydrogens is 228 g/mol. The van der Waals surface area contributed by atoms with Gasteiger partial charge in [-0.25, -0.2) is 8.42 Å². The van der Waals surface area contributed by atoms with E-state index in [1.807, 2.05) is 0 Å². The maximum absolute atomic E-state index is 11.6. The summed E-state index contributed by atoms with van der Waals surface area (Å²) >= 11 is 0. The fourth-order valence-electron chi connectivity index (χ4n) is 2.69.